The summed E-state index contributed by atoms with van der Waals surface area (Å²) in [5.74, 6) is 0.591. The number of aryl methyl sites for hydroxylation is 1. The third-order valence-corrected chi connectivity index (χ3v) is 6.30. The molecule has 1 N–H and O–H groups in total. The van der Waals surface area contributed by atoms with Crippen LogP contribution in [-0.4, -0.2) is 38.2 Å². The van der Waals surface area contributed by atoms with E-state index in [0.717, 1.165) is 22.6 Å². The summed E-state index contributed by atoms with van der Waals surface area (Å²) in [6.07, 6.45) is 0. The lowest BCUT2D eigenvalue weighted by molar-refractivity contribution is -0.115. The number of benzene rings is 2. The monoisotopic (exact) mass is 438 g/mol. The molecule has 0 aliphatic carbocycles. The number of carbonyl (C=O) groups is 1. The second-order valence-electron chi connectivity index (χ2n) is 6.25. The van der Waals surface area contributed by atoms with Gasteiger partial charge in [-0.25, -0.2) is 9.67 Å². The molecule has 1 atom stereocenters. The Morgan fingerprint density at radius 1 is 1.17 bits per heavy atom. The molecule has 0 bridgehead atoms. The minimum Gasteiger partial charge on any atom is -0.497 e. The van der Waals surface area contributed by atoms with E-state index in [1.165, 1.54) is 23.1 Å². The Morgan fingerprint density at radius 2 is 1.93 bits per heavy atom. The summed E-state index contributed by atoms with van der Waals surface area (Å²) in [4.78, 5) is 17.7. The largest absolute Gasteiger partial charge is 0.497 e. The minimum absolute atomic E-state index is 0.190. The summed E-state index contributed by atoms with van der Waals surface area (Å²) in [6.45, 7) is 0. The van der Waals surface area contributed by atoms with Crippen molar-refractivity contribution in [3.63, 3.8) is 0 Å². The number of methoxy groups -OCH3 is 1. The molecule has 0 unspecified atom stereocenters. The Balaban J connectivity index is 1.54. The van der Waals surface area contributed by atoms with Crippen molar-refractivity contribution < 1.29 is 9.53 Å². The van der Waals surface area contributed by atoms with E-state index in [-0.39, 0.29) is 5.91 Å². The molecule has 2 heterocycles. The van der Waals surface area contributed by atoms with Crippen LogP contribution in [0.15, 0.2) is 65.1 Å². The SMILES string of the molecule is COc1ccc(-c2csc(NC(=O)[C@H](Sc3nnnn3C)c3ccccc3)n2)cc1. The van der Waals surface area contributed by atoms with E-state index in [0.29, 0.717) is 10.3 Å². The predicted molar refractivity (Wildman–Crippen MR) is 117 cm³/mol. The van der Waals surface area contributed by atoms with Gasteiger partial charge in [0.1, 0.15) is 11.0 Å². The van der Waals surface area contributed by atoms with Crippen LogP contribution >= 0.6 is 23.1 Å². The highest BCUT2D eigenvalue weighted by Crippen LogP contribution is 2.35. The molecule has 0 saturated heterocycles. The Hall–Kier alpha value is -3.24. The summed E-state index contributed by atoms with van der Waals surface area (Å²) in [5.41, 5.74) is 2.60. The molecule has 0 aliphatic rings. The van der Waals surface area contributed by atoms with E-state index in [1.807, 2.05) is 60.0 Å². The van der Waals surface area contributed by atoms with Crippen LogP contribution in [0.4, 0.5) is 5.13 Å². The summed E-state index contributed by atoms with van der Waals surface area (Å²) >= 11 is 2.66. The number of amides is 1. The Labute approximate surface area is 181 Å². The van der Waals surface area contributed by atoms with Gasteiger partial charge in [0.25, 0.3) is 0 Å². The predicted octanol–water partition coefficient (Wildman–Crippen LogP) is 3.81. The van der Waals surface area contributed by atoms with Crippen LogP contribution in [0.2, 0.25) is 0 Å². The molecule has 4 aromatic rings. The van der Waals surface area contributed by atoms with Crippen LogP contribution in [0, 0.1) is 0 Å². The molecule has 4 rings (SSSR count). The first kappa shape index (κ1) is 20.0. The van der Waals surface area contributed by atoms with Gasteiger partial charge in [0, 0.05) is 18.0 Å². The van der Waals surface area contributed by atoms with Crippen LogP contribution < -0.4 is 10.1 Å². The summed E-state index contributed by atoms with van der Waals surface area (Å²) in [7, 11) is 3.37. The molecule has 2 aromatic carbocycles. The summed E-state index contributed by atoms with van der Waals surface area (Å²) < 4.78 is 6.73. The van der Waals surface area contributed by atoms with Crippen LogP contribution in [0.5, 0.6) is 5.75 Å². The average molecular weight is 439 g/mol. The number of hydrogen-bond donors (Lipinski definition) is 1. The maximum absolute atomic E-state index is 13.1. The van der Waals surface area contributed by atoms with Crippen molar-refractivity contribution in [1.29, 1.82) is 0 Å². The minimum atomic E-state index is -0.524. The first-order chi connectivity index (χ1) is 14.6. The highest BCUT2D eigenvalue weighted by Gasteiger charge is 2.25. The van der Waals surface area contributed by atoms with Gasteiger partial charge in [0.15, 0.2) is 5.13 Å². The fourth-order valence-corrected chi connectivity index (χ4v) is 4.39. The number of hydrogen-bond acceptors (Lipinski definition) is 8. The molecule has 152 valence electrons. The molecule has 1 amide bonds. The highest BCUT2D eigenvalue weighted by molar-refractivity contribution is 8.00. The lowest BCUT2D eigenvalue weighted by atomic mass is 10.1. The number of aromatic nitrogens is 5. The number of ether oxygens (including phenoxy) is 1. The number of thioether (sulfide) groups is 1. The number of carbonyl (C=O) groups excluding carboxylic acids is 1. The van der Waals surface area contributed by atoms with Gasteiger partial charge in [-0.3, -0.25) is 4.79 Å². The smallest absolute Gasteiger partial charge is 0.244 e. The lowest BCUT2D eigenvalue weighted by Gasteiger charge is -2.15. The van der Waals surface area contributed by atoms with Gasteiger partial charge in [-0.05, 0) is 40.3 Å². The number of tetrazole rings is 1. The quantitative estimate of drug-likeness (QED) is 0.438. The standard InChI is InChI=1S/C20H18N6O2S2/c1-26-20(23-24-25-26)30-17(14-6-4-3-5-7-14)18(27)22-19-21-16(12-29-19)13-8-10-15(28-2)11-9-13/h3-12,17H,1-2H3,(H,21,22,27)/t17-/m1/s1. The molecule has 0 saturated carbocycles. The molecule has 0 aliphatic heterocycles. The molecule has 0 radical (unpaired) electrons. The summed E-state index contributed by atoms with van der Waals surface area (Å²) in [5, 5.41) is 16.9. The molecule has 2 aromatic heterocycles. The van der Waals surface area contributed by atoms with Gasteiger partial charge in [-0.2, -0.15) is 0 Å². The van der Waals surface area contributed by atoms with Crippen molar-refractivity contribution in [2.24, 2.45) is 7.05 Å². The van der Waals surface area contributed by atoms with Gasteiger partial charge >= 0.3 is 0 Å². The van der Waals surface area contributed by atoms with Gasteiger partial charge in [-0.15, -0.1) is 16.4 Å². The zero-order valence-corrected chi connectivity index (χ0v) is 17.9. The highest BCUT2D eigenvalue weighted by atomic mass is 32.2. The fourth-order valence-electron chi connectivity index (χ4n) is 2.72. The molecular formula is C20H18N6O2S2. The van der Waals surface area contributed by atoms with Gasteiger partial charge in [0.2, 0.25) is 11.1 Å². The zero-order chi connectivity index (χ0) is 20.9. The molecule has 0 fully saturated rings. The maximum atomic E-state index is 13.1. The Morgan fingerprint density at radius 3 is 2.60 bits per heavy atom. The number of nitrogens with zero attached hydrogens (tertiary/aromatic N) is 5. The van der Waals surface area contributed by atoms with Gasteiger partial charge < -0.3 is 10.1 Å². The number of nitrogens with one attached hydrogen (secondary N) is 1. The topological polar surface area (TPSA) is 94.8 Å². The van der Waals surface area contributed by atoms with Crippen molar-refractivity contribution in [1.82, 2.24) is 25.2 Å². The Kier molecular flexibility index (Phi) is 6.05. The third kappa shape index (κ3) is 4.50. The van der Waals surface area contributed by atoms with E-state index >= 15 is 0 Å². The second kappa shape index (κ2) is 9.06. The molecule has 10 heteroatoms. The fraction of sp³-hybridized carbons (Fsp3) is 0.150. The van der Waals surface area contributed by atoms with E-state index in [2.05, 4.69) is 25.8 Å². The molecular weight excluding hydrogens is 420 g/mol. The van der Waals surface area contributed by atoms with Crippen molar-refractivity contribution in [2.45, 2.75) is 10.4 Å². The zero-order valence-electron chi connectivity index (χ0n) is 16.2. The van der Waals surface area contributed by atoms with Gasteiger partial charge in [-0.1, -0.05) is 42.1 Å². The lowest BCUT2D eigenvalue weighted by Crippen LogP contribution is -2.19. The van der Waals surface area contributed by atoms with E-state index in [4.69, 9.17) is 4.74 Å². The van der Waals surface area contributed by atoms with E-state index in [9.17, 15) is 4.79 Å². The van der Waals surface area contributed by atoms with Crippen LogP contribution in [0.1, 0.15) is 10.8 Å². The Bertz CT molecular complexity index is 1130. The second-order valence-corrected chi connectivity index (χ2v) is 8.18. The maximum Gasteiger partial charge on any atom is 0.244 e. The van der Waals surface area contributed by atoms with Crippen LogP contribution in [-0.2, 0) is 11.8 Å². The van der Waals surface area contributed by atoms with Crippen LogP contribution in [0.25, 0.3) is 11.3 Å². The van der Waals surface area contributed by atoms with E-state index < -0.39 is 5.25 Å². The average Bonchev–Trinajstić information content (AvgIpc) is 3.41. The summed E-state index contributed by atoms with van der Waals surface area (Å²) in [6, 6.07) is 17.2. The number of anilines is 1. The van der Waals surface area contributed by atoms with Gasteiger partial charge in [0.05, 0.1) is 12.8 Å². The van der Waals surface area contributed by atoms with Crippen molar-refractivity contribution in [2.75, 3.05) is 12.4 Å². The number of thiazole rings is 1. The van der Waals surface area contributed by atoms with Crippen molar-refractivity contribution >= 4 is 34.1 Å². The molecule has 0 spiro atoms. The number of rotatable bonds is 7. The van der Waals surface area contributed by atoms with E-state index in [1.54, 1.807) is 18.8 Å². The van der Waals surface area contributed by atoms with Crippen molar-refractivity contribution in [3.05, 3.63) is 65.5 Å². The first-order valence-electron chi connectivity index (χ1n) is 8.99. The van der Waals surface area contributed by atoms with Crippen LogP contribution in [0.3, 0.4) is 0 Å². The third-order valence-electron chi connectivity index (χ3n) is 4.27. The first-order valence-corrected chi connectivity index (χ1v) is 10.7. The molecule has 8 nitrogen and oxygen atoms in total. The normalized spacial score (nSPS) is 11.8. The molecule has 30 heavy (non-hydrogen) atoms. The van der Waals surface area contributed by atoms with Crippen molar-refractivity contribution in [3.8, 4) is 17.0 Å².